The molecule has 11 heteroatoms. The van der Waals surface area contributed by atoms with Gasteiger partial charge in [-0.1, -0.05) is 0 Å². The lowest BCUT2D eigenvalue weighted by Gasteiger charge is -2.29. The second-order valence-electron chi connectivity index (χ2n) is 6.72. The van der Waals surface area contributed by atoms with Crippen molar-refractivity contribution in [2.45, 2.75) is 18.8 Å². The van der Waals surface area contributed by atoms with E-state index in [2.05, 4.69) is 5.73 Å². The number of hydrogen-bond donors (Lipinski definition) is 2. The maximum atomic E-state index is 13.3. The molecule has 1 unspecified atom stereocenters. The quantitative estimate of drug-likeness (QED) is 0.711. The molecule has 0 radical (unpaired) electrons. The lowest BCUT2D eigenvalue weighted by Crippen LogP contribution is -2.56. The van der Waals surface area contributed by atoms with Crippen molar-refractivity contribution in [3.63, 3.8) is 0 Å². The molecule has 2 amide bonds. The SMILES string of the molecule is CC1(N)C(=O)N(c2ccc(C#N)c(C(F)(F)F)c2)C(=S)N1c1ccc(C([NH3+])=O)cc1. The summed E-state index contributed by atoms with van der Waals surface area (Å²) in [4.78, 5) is 26.5. The minimum atomic E-state index is -4.80. The molecule has 0 spiro atoms. The van der Waals surface area contributed by atoms with E-state index in [1.54, 1.807) is 0 Å². The molecule has 1 saturated heterocycles. The maximum Gasteiger partial charge on any atom is 0.417 e. The van der Waals surface area contributed by atoms with Crippen LogP contribution >= 0.6 is 12.2 Å². The van der Waals surface area contributed by atoms with Crippen molar-refractivity contribution in [1.29, 1.82) is 5.26 Å². The van der Waals surface area contributed by atoms with Crippen molar-refractivity contribution in [3.8, 4) is 6.07 Å². The number of halogens is 3. The molecule has 1 fully saturated rings. The minimum absolute atomic E-state index is 0.142. The molecule has 1 aliphatic rings. The lowest BCUT2D eigenvalue weighted by atomic mass is 10.1. The van der Waals surface area contributed by atoms with Crippen LogP contribution in [0.1, 0.15) is 28.4 Å². The molecule has 5 N–H and O–H groups in total. The summed E-state index contributed by atoms with van der Waals surface area (Å²) in [5, 5.41) is 8.82. The Kier molecular flexibility index (Phi) is 5.11. The van der Waals surface area contributed by atoms with Crippen molar-refractivity contribution < 1.29 is 28.5 Å². The fourth-order valence-electron chi connectivity index (χ4n) is 3.11. The first kappa shape index (κ1) is 21.4. The Balaban J connectivity index is 2.09. The molecule has 0 aromatic heterocycles. The highest BCUT2D eigenvalue weighted by Gasteiger charge is 2.51. The summed E-state index contributed by atoms with van der Waals surface area (Å²) in [6.07, 6.45) is -4.80. The molecule has 2 aromatic rings. The van der Waals surface area contributed by atoms with Gasteiger partial charge in [0.2, 0.25) is 0 Å². The minimum Gasteiger partial charge on any atom is -0.301 e. The Labute approximate surface area is 174 Å². The zero-order chi connectivity index (χ0) is 22.4. The topological polar surface area (TPSA) is 118 Å². The monoisotopic (exact) mass is 434 g/mol. The number of nitrogens with zero attached hydrogens (tertiary/aromatic N) is 3. The fourth-order valence-corrected chi connectivity index (χ4v) is 3.60. The molecule has 1 aliphatic heterocycles. The molecule has 0 bridgehead atoms. The van der Waals surface area contributed by atoms with Crippen LogP contribution in [0.5, 0.6) is 0 Å². The summed E-state index contributed by atoms with van der Waals surface area (Å²) in [7, 11) is 0. The van der Waals surface area contributed by atoms with Crippen LogP contribution in [0.3, 0.4) is 0 Å². The van der Waals surface area contributed by atoms with Gasteiger partial charge in [0.15, 0.2) is 10.8 Å². The van der Waals surface area contributed by atoms with E-state index >= 15 is 0 Å². The number of quaternary nitrogens is 1. The van der Waals surface area contributed by atoms with Gasteiger partial charge in [0, 0.05) is 5.69 Å². The maximum absolute atomic E-state index is 13.3. The van der Waals surface area contributed by atoms with E-state index in [4.69, 9.17) is 23.2 Å². The molecule has 1 heterocycles. The summed E-state index contributed by atoms with van der Waals surface area (Å²) < 4.78 is 40.0. The van der Waals surface area contributed by atoms with E-state index in [0.717, 1.165) is 11.0 Å². The summed E-state index contributed by atoms with van der Waals surface area (Å²) in [6.45, 7) is 1.37. The van der Waals surface area contributed by atoms with Gasteiger partial charge in [0.05, 0.1) is 28.4 Å². The summed E-state index contributed by atoms with van der Waals surface area (Å²) in [5.74, 6) is -1.15. The normalized spacial score (nSPS) is 19.2. The highest BCUT2D eigenvalue weighted by Crippen LogP contribution is 2.38. The fraction of sp³-hybridized carbons (Fsp3) is 0.158. The number of anilines is 2. The van der Waals surface area contributed by atoms with E-state index in [1.807, 2.05) is 0 Å². The third-order valence-electron chi connectivity index (χ3n) is 4.62. The summed E-state index contributed by atoms with van der Waals surface area (Å²) in [6, 6.07) is 10.3. The van der Waals surface area contributed by atoms with Gasteiger partial charge in [-0.15, -0.1) is 0 Å². The standard InChI is InChI=1S/C19H14F3N5O2S/c1-18(25)16(29)26(13-7-4-11(9-23)14(8-13)19(20,21)22)17(30)27(18)12-5-2-10(3-6-12)15(24)28/h2-8H,25H2,1H3,(H2,24,28)/p+1. The molecular weight excluding hydrogens is 419 g/mol. The van der Waals surface area contributed by atoms with Crippen molar-refractivity contribution in [2.24, 2.45) is 5.73 Å². The molecule has 2 aromatic carbocycles. The second-order valence-corrected chi connectivity index (χ2v) is 7.08. The molecule has 154 valence electrons. The van der Waals surface area contributed by atoms with E-state index in [0.29, 0.717) is 17.3 Å². The Hall–Kier alpha value is -3.33. The lowest BCUT2D eigenvalue weighted by molar-refractivity contribution is -0.255. The van der Waals surface area contributed by atoms with E-state index in [9.17, 15) is 22.8 Å². The molecule has 30 heavy (non-hydrogen) atoms. The molecular formula is C19H15F3N5O2S+. The Morgan fingerprint density at radius 2 is 1.77 bits per heavy atom. The number of hydrogen-bond acceptors (Lipinski definition) is 5. The molecule has 0 aliphatic carbocycles. The molecule has 1 atom stereocenters. The van der Waals surface area contributed by atoms with Crippen molar-refractivity contribution in [2.75, 3.05) is 9.80 Å². The number of thiocarbonyl (C=S) groups is 1. The smallest absolute Gasteiger partial charge is 0.301 e. The Morgan fingerprint density at radius 1 is 1.20 bits per heavy atom. The highest BCUT2D eigenvalue weighted by atomic mass is 32.1. The van der Waals surface area contributed by atoms with Crippen molar-refractivity contribution in [1.82, 2.24) is 0 Å². The predicted octanol–water partition coefficient (Wildman–Crippen LogP) is 1.77. The summed E-state index contributed by atoms with van der Waals surface area (Å²) >= 11 is 5.36. The van der Waals surface area contributed by atoms with Gasteiger partial charge in [-0.3, -0.25) is 20.3 Å². The summed E-state index contributed by atoms with van der Waals surface area (Å²) in [5.41, 5.74) is 6.56. The van der Waals surface area contributed by atoms with Crippen LogP contribution in [0.2, 0.25) is 0 Å². The first-order valence-electron chi connectivity index (χ1n) is 8.45. The Morgan fingerprint density at radius 3 is 2.27 bits per heavy atom. The average molecular weight is 434 g/mol. The van der Waals surface area contributed by atoms with Gasteiger partial charge in [-0.05, 0) is 61.6 Å². The average Bonchev–Trinajstić information content (AvgIpc) is 2.85. The van der Waals surface area contributed by atoms with Crippen LogP contribution in [0.25, 0.3) is 0 Å². The van der Waals surface area contributed by atoms with E-state index in [1.165, 1.54) is 48.2 Å². The Bertz CT molecular complexity index is 1110. The van der Waals surface area contributed by atoms with Crippen molar-refractivity contribution in [3.05, 3.63) is 59.2 Å². The van der Waals surface area contributed by atoms with Crippen LogP contribution in [0.15, 0.2) is 42.5 Å². The zero-order valence-corrected chi connectivity index (χ0v) is 16.3. The van der Waals surface area contributed by atoms with Crippen LogP contribution < -0.4 is 21.3 Å². The zero-order valence-electron chi connectivity index (χ0n) is 15.5. The number of nitriles is 1. The third-order valence-corrected chi connectivity index (χ3v) is 4.98. The van der Waals surface area contributed by atoms with Crippen LogP contribution in [0, 0.1) is 11.3 Å². The number of alkyl halides is 3. The first-order valence-corrected chi connectivity index (χ1v) is 8.85. The second kappa shape index (κ2) is 7.17. The number of carbonyl (C=O) groups is 2. The van der Waals surface area contributed by atoms with Gasteiger partial charge in [0.25, 0.3) is 5.91 Å². The van der Waals surface area contributed by atoms with Gasteiger partial charge in [-0.2, -0.15) is 18.4 Å². The molecule has 3 rings (SSSR count). The number of carbonyl (C=O) groups excluding carboxylic acids is 2. The van der Waals surface area contributed by atoms with Gasteiger partial charge in [-0.25, -0.2) is 4.79 Å². The van der Waals surface area contributed by atoms with Gasteiger partial charge in [0.1, 0.15) is 0 Å². The van der Waals surface area contributed by atoms with Gasteiger partial charge < -0.3 is 5.73 Å². The molecule has 0 saturated carbocycles. The van der Waals surface area contributed by atoms with E-state index < -0.39 is 34.8 Å². The largest absolute Gasteiger partial charge is 0.417 e. The van der Waals surface area contributed by atoms with Crippen LogP contribution in [0.4, 0.5) is 24.5 Å². The number of nitrogens with two attached hydrogens (primary N) is 1. The third kappa shape index (κ3) is 3.41. The van der Waals surface area contributed by atoms with Crippen LogP contribution in [-0.4, -0.2) is 22.6 Å². The highest BCUT2D eigenvalue weighted by molar-refractivity contribution is 7.81. The number of rotatable bonds is 3. The van der Waals surface area contributed by atoms with Crippen molar-refractivity contribution >= 4 is 40.5 Å². The number of amides is 2. The van der Waals surface area contributed by atoms with E-state index in [-0.39, 0.29) is 10.8 Å². The first-order chi connectivity index (χ1) is 13.9. The van der Waals surface area contributed by atoms with Crippen LogP contribution in [-0.2, 0) is 11.0 Å². The molecule has 7 nitrogen and oxygen atoms in total. The predicted molar refractivity (Wildman–Crippen MR) is 105 cm³/mol. The van der Waals surface area contributed by atoms with Gasteiger partial charge >= 0.3 is 12.1 Å². The number of benzene rings is 2.